The van der Waals surface area contributed by atoms with Crippen LogP contribution in [0.25, 0.3) is 0 Å². The summed E-state index contributed by atoms with van der Waals surface area (Å²) in [5.74, 6) is 1.52. The first-order chi connectivity index (χ1) is 6.74. The highest BCUT2D eigenvalue weighted by molar-refractivity contribution is 5.83. The average Bonchev–Trinajstić information content (AvgIpc) is 2.25. The maximum Gasteiger partial charge on any atom is 0.153 e. The Bertz CT molecular complexity index is 351. The Balaban J connectivity index is 2.28. The van der Waals surface area contributed by atoms with Crippen molar-refractivity contribution in [2.45, 2.75) is 19.9 Å². The van der Waals surface area contributed by atoms with Crippen LogP contribution in [0.5, 0.6) is 0 Å². The molecule has 14 heavy (non-hydrogen) atoms. The number of aromatic nitrogens is 1. The Morgan fingerprint density at radius 3 is 2.93 bits per heavy atom. The first kappa shape index (κ1) is 9.19. The van der Waals surface area contributed by atoms with E-state index in [0.717, 1.165) is 18.6 Å². The van der Waals surface area contributed by atoms with Crippen molar-refractivity contribution in [3.05, 3.63) is 23.9 Å². The van der Waals surface area contributed by atoms with Crippen molar-refractivity contribution in [1.82, 2.24) is 4.98 Å². The predicted molar refractivity (Wildman–Crippen MR) is 55.6 cm³/mol. The first-order valence-corrected chi connectivity index (χ1v) is 4.91. The zero-order valence-corrected chi connectivity index (χ0v) is 8.47. The fourth-order valence-electron chi connectivity index (χ4n) is 1.82. The third kappa shape index (κ3) is 1.29. The van der Waals surface area contributed by atoms with Crippen LogP contribution in [0.15, 0.2) is 18.3 Å². The second-order valence-electron chi connectivity index (χ2n) is 3.90. The summed E-state index contributed by atoms with van der Waals surface area (Å²) < 4.78 is 0. The summed E-state index contributed by atoms with van der Waals surface area (Å²) in [4.78, 5) is 17.2. The number of hydrogen-bond donors (Lipinski definition) is 0. The van der Waals surface area contributed by atoms with Gasteiger partial charge in [-0.15, -0.1) is 0 Å². The fourth-order valence-corrected chi connectivity index (χ4v) is 1.82. The fraction of sp³-hybridized carbons (Fsp3) is 0.455. The predicted octanol–water partition coefficient (Wildman–Crippen LogP) is 1.74. The molecule has 0 spiro atoms. The molecule has 3 heteroatoms. The Hall–Kier alpha value is -1.38. The highest BCUT2D eigenvalue weighted by Gasteiger charge is 2.33. The zero-order chi connectivity index (χ0) is 10.1. The Morgan fingerprint density at radius 2 is 2.36 bits per heavy atom. The smallest absolute Gasteiger partial charge is 0.153 e. The molecular weight excluding hydrogens is 176 g/mol. The Morgan fingerprint density at radius 1 is 1.57 bits per heavy atom. The number of hydrogen-bond acceptors (Lipinski definition) is 3. The van der Waals surface area contributed by atoms with E-state index in [2.05, 4.69) is 23.7 Å². The molecule has 0 aliphatic carbocycles. The number of rotatable bonds is 2. The maximum atomic E-state index is 10.8. The molecule has 1 fully saturated rings. The standard InChI is InChI=1S/C11H14N2O/c1-8-6-13(9(8)2)11-10(7-14)4-3-5-12-11/h3-5,7-9H,6H2,1-2H3. The van der Waals surface area contributed by atoms with E-state index < -0.39 is 0 Å². The number of anilines is 1. The summed E-state index contributed by atoms with van der Waals surface area (Å²) in [5.41, 5.74) is 0.686. The van der Waals surface area contributed by atoms with Crippen LogP contribution >= 0.6 is 0 Å². The summed E-state index contributed by atoms with van der Waals surface area (Å²) in [7, 11) is 0. The lowest BCUT2D eigenvalue weighted by molar-refractivity contribution is 0.112. The van der Waals surface area contributed by atoms with Gasteiger partial charge >= 0.3 is 0 Å². The molecule has 2 rings (SSSR count). The molecule has 0 radical (unpaired) electrons. The minimum absolute atomic E-state index is 0.489. The van der Waals surface area contributed by atoms with Crippen molar-refractivity contribution in [2.75, 3.05) is 11.4 Å². The third-order valence-electron chi connectivity index (χ3n) is 3.02. The second-order valence-corrected chi connectivity index (χ2v) is 3.90. The van der Waals surface area contributed by atoms with Crippen molar-refractivity contribution >= 4 is 12.1 Å². The van der Waals surface area contributed by atoms with E-state index in [-0.39, 0.29) is 0 Å². The number of aldehydes is 1. The number of carbonyl (C=O) groups is 1. The molecule has 2 unspecified atom stereocenters. The quantitative estimate of drug-likeness (QED) is 0.666. The summed E-state index contributed by atoms with van der Waals surface area (Å²) in [6.45, 7) is 5.38. The topological polar surface area (TPSA) is 33.2 Å². The van der Waals surface area contributed by atoms with Crippen LogP contribution in [0, 0.1) is 5.92 Å². The third-order valence-corrected chi connectivity index (χ3v) is 3.02. The van der Waals surface area contributed by atoms with Crippen molar-refractivity contribution in [3.8, 4) is 0 Å². The Kier molecular flexibility index (Phi) is 2.23. The van der Waals surface area contributed by atoms with E-state index in [1.54, 1.807) is 12.3 Å². The molecule has 1 saturated heterocycles. The van der Waals surface area contributed by atoms with Gasteiger partial charge in [0.05, 0.1) is 5.56 Å². The van der Waals surface area contributed by atoms with Gasteiger partial charge in [-0.05, 0) is 25.0 Å². The van der Waals surface area contributed by atoms with Crippen LogP contribution < -0.4 is 4.90 Å². The molecule has 0 N–H and O–H groups in total. The van der Waals surface area contributed by atoms with Crippen LogP contribution in [0.2, 0.25) is 0 Å². The second kappa shape index (κ2) is 3.40. The van der Waals surface area contributed by atoms with Gasteiger partial charge < -0.3 is 4.90 Å². The summed E-state index contributed by atoms with van der Waals surface area (Å²) in [6, 6.07) is 4.09. The van der Waals surface area contributed by atoms with Gasteiger partial charge in [-0.2, -0.15) is 0 Å². The van der Waals surface area contributed by atoms with Crippen molar-refractivity contribution < 1.29 is 4.79 Å². The molecule has 0 saturated carbocycles. The van der Waals surface area contributed by atoms with Gasteiger partial charge in [0.1, 0.15) is 5.82 Å². The van der Waals surface area contributed by atoms with Crippen molar-refractivity contribution in [1.29, 1.82) is 0 Å². The molecule has 1 aliphatic heterocycles. The van der Waals surface area contributed by atoms with Gasteiger partial charge in [-0.25, -0.2) is 4.98 Å². The summed E-state index contributed by atoms with van der Waals surface area (Å²) in [6.07, 6.45) is 2.61. The number of pyridine rings is 1. The van der Waals surface area contributed by atoms with Crippen molar-refractivity contribution in [3.63, 3.8) is 0 Å². The molecule has 1 aromatic heterocycles. The average molecular weight is 190 g/mol. The van der Waals surface area contributed by atoms with E-state index in [1.807, 2.05) is 6.07 Å². The molecular formula is C11H14N2O. The lowest BCUT2D eigenvalue weighted by atomic mass is 9.91. The molecule has 3 nitrogen and oxygen atoms in total. The highest BCUT2D eigenvalue weighted by atomic mass is 16.1. The Labute approximate surface area is 83.8 Å². The van der Waals surface area contributed by atoms with Crippen LogP contribution in [0.1, 0.15) is 24.2 Å². The molecule has 1 aromatic rings. The SMILES string of the molecule is CC1CN(c2ncccc2C=O)C1C. The zero-order valence-electron chi connectivity index (χ0n) is 8.47. The van der Waals surface area contributed by atoms with Gasteiger partial charge in [0.25, 0.3) is 0 Å². The van der Waals surface area contributed by atoms with Crippen molar-refractivity contribution in [2.24, 2.45) is 5.92 Å². The van der Waals surface area contributed by atoms with E-state index in [1.165, 1.54) is 0 Å². The lowest BCUT2D eigenvalue weighted by Crippen LogP contribution is -2.54. The minimum Gasteiger partial charge on any atom is -0.353 e. The van der Waals surface area contributed by atoms with Gasteiger partial charge in [0.15, 0.2) is 6.29 Å². The number of nitrogens with zero attached hydrogens (tertiary/aromatic N) is 2. The first-order valence-electron chi connectivity index (χ1n) is 4.91. The van der Waals surface area contributed by atoms with Gasteiger partial charge in [0.2, 0.25) is 0 Å². The molecule has 1 aliphatic rings. The van der Waals surface area contributed by atoms with E-state index in [0.29, 0.717) is 17.5 Å². The monoisotopic (exact) mass is 190 g/mol. The van der Waals surface area contributed by atoms with E-state index in [9.17, 15) is 4.79 Å². The van der Waals surface area contributed by atoms with Crippen LogP contribution in [0.3, 0.4) is 0 Å². The molecule has 2 atom stereocenters. The molecule has 74 valence electrons. The van der Waals surface area contributed by atoms with Gasteiger partial charge in [0, 0.05) is 18.8 Å². The summed E-state index contributed by atoms with van der Waals surface area (Å²) >= 11 is 0. The lowest BCUT2D eigenvalue weighted by Gasteiger charge is -2.46. The van der Waals surface area contributed by atoms with Crippen LogP contribution in [-0.4, -0.2) is 23.9 Å². The molecule has 0 amide bonds. The summed E-state index contributed by atoms with van der Waals surface area (Å²) in [5, 5.41) is 0. The van der Waals surface area contributed by atoms with Crippen LogP contribution in [-0.2, 0) is 0 Å². The van der Waals surface area contributed by atoms with E-state index in [4.69, 9.17) is 0 Å². The maximum absolute atomic E-state index is 10.8. The van der Waals surface area contributed by atoms with Gasteiger partial charge in [-0.1, -0.05) is 6.92 Å². The highest BCUT2D eigenvalue weighted by Crippen LogP contribution is 2.30. The molecule has 0 bridgehead atoms. The van der Waals surface area contributed by atoms with Gasteiger partial charge in [-0.3, -0.25) is 4.79 Å². The normalized spacial score (nSPS) is 25.7. The minimum atomic E-state index is 0.489. The van der Waals surface area contributed by atoms with Crippen LogP contribution in [0.4, 0.5) is 5.82 Å². The molecule has 2 heterocycles. The number of carbonyl (C=O) groups excluding carboxylic acids is 1. The largest absolute Gasteiger partial charge is 0.353 e. The molecule has 0 aromatic carbocycles. The van der Waals surface area contributed by atoms with E-state index >= 15 is 0 Å².